The molecular weight excluding hydrogens is 212 g/mol. The first-order chi connectivity index (χ1) is 8.13. The zero-order chi connectivity index (χ0) is 12.7. The van der Waals surface area contributed by atoms with E-state index in [-0.39, 0.29) is 6.10 Å². The second-order valence-corrected chi connectivity index (χ2v) is 4.55. The van der Waals surface area contributed by atoms with Crippen molar-refractivity contribution in [2.75, 3.05) is 17.6 Å². The molecule has 0 saturated heterocycles. The maximum atomic E-state index is 5.86. The molecule has 96 valence electrons. The predicted octanol–water partition coefficient (Wildman–Crippen LogP) is 3.66. The van der Waals surface area contributed by atoms with Crippen molar-refractivity contribution >= 4 is 11.4 Å². The molecule has 0 aliphatic carbocycles. The van der Waals surface area contributed by atoms with Crippen molar-refractivity contribution in [3.63, 3.8) is 0 Å². The molecule has 0 aromatic heterocycles. The molecule has 0 fully saturated rings. The summed E-state index contributed by atoms with van der Waals surface area (Å²) in [5.74, 6) is 0.764. The Morgan fingerprint density at radius 2 is 2.06 bits per heavy atom. The van der Waals surface area contributed by atoms with Gasteiger partial charge in [-0.05, 0) is 32.4 Å². The number of hydrogen-bond donors (Lipinski definition) is 2. The maximum absolute atomic E-state index is 5.86. The van der Waals surface area contributed by atoms with Crippen molar-refractivity contribution in [1.82, 2.24) is 0 Å². The van der Waals surface area contributed by atoms with Gasteiger partial charge in [0, 0.05) is 18.3 Å². The summed E-state index contributed by atoms with van der Waals surface area (Å²) >= 11 is 0. The third-order valence-electron chi connectivity index (χ3n) is 2.49. The van der Waals surface area contributed by atoms with E-state index in [1.54, 1.807) is 0 Å². The quantitative estimate of drug-likeness (QED) is 0.561. The molecule has 3 heteroatoms. The summed E-state index contributed by atoms with van der Waals surface area (Å²) in [4.78, 5) is 0. The number of nitrogens with one attached hydrogen (secondary N) is 1. The number of anilines is 2. The highest BCUT2D eigenvalue weighted by atomic mass is 16.5. The van der Waals surface area contributed by atoms with E-state index in [1.165, 1.54) is 19.3 Å². The van der Waals surface area contributed by atoms with Gasteiger partial charge in [0.2, 0.25) is 0 Å². The fraction of sp³-hybridized carbons (Fsp3) is 0.571. The van der Waals surface area contributed by atoms with E-state index in [9.17, 15) is 0 Å². The summed E-state index contributed by atoms with van der Waals surface area (Å²) < 4.78 is 5.65. The Bertz CT molecular complexity index is 337. The Morgan fingerprint density at radius 1 is 1.29 bits per heavy atom. The Labute approximate surface area is 104 Å². The van der Waals surface area contributed by atoms with Crippen molar-refractivity contribution < 1.29 is 4.74 Å². The summed E-state index contributed by atoms with van der Waals surface area (Å²) in [5, 5.41) is 3.38. The fourth-order valence-electron chi connectivity index (χ4n) is 1.61. The van der Waals surface area contributed by atoms with E-state index in [4.69, 9.17) is 10.5 Å². The molecule has 0 bridgehead atoms. The molecule has 0 aliphatic heterocycles. The highest BCUT2D eigenvalue weighted by Gasteiger charge is 2.04. The largest absolute Gasteiger partial charge is 0.489 e. The lowest BCUT2D eigenvalue weighted by Gasteiger charge is -2.14. The van der Waals surface area contributed by atoms with Crippen LogP contribution in [0.25, 0.3) is 0 Å². The molecule has 0 aliphatic rings. The van der Waals surface area contributed by atoms with Gasteiger partial charge >= 0.3 is 0 Å². The van der Waals surface area contributed by atoms with Crippen LogP contribution in [0.2, 0.25) is 0 Å². The number of rotatable bonds is 7. The lowest BCUT2D eigenvalue weighted by atomic mass is 10.2. The minimum atomic E-state index is 0.146. The first-order valence-corrected chi connectivity index (χ1v) is 6.43. The molecular formula is C14H24N2O. The zero-order valence-electron chi connectivity index (χ0n) is 11.1. The van der Waals surface area contributed by atoms with Crippen molar-refractivity contribution in [2.24, 2.45) is 0 Å². The molecule has 0 radical (unpaired) electrons. The summed E-state index contributed by atoms with van der Waals surface area (Å²) in [6.07, 6.45) is 3.84. The Kier molecular flexibility index (Phi) is 5.67. The normalized spacial score (nSPS) is 10.6. The van der Waals surface area contributed by atoms with Crippen LogP contribution >= 0.6 is 0 Å². The SMILES string of the molecule is CCCCCNc1ccc(N)c(OC(C)C)c1. The van der Waals surface area contributed by atoms with E-state index in [0.717, 1.165) is 18.0 Å². The van der Waals surface area contributed by atoms with Gasteiger partial charge in [0.25, 0.3) is 0 Å². The van der Waals surface area contributed by atoms with Crippen LogP contribution in [-0.4, -0.2) is 12.6 Å². The van der Waals surface area contributed by atoms with Gasteiger partial charge in [0.1, 0.15) is 5.75 Å². The van der Waals surface area contributed by atoms with Crippen molar-refractivity contribution in [1.29, 1.82) is 0 Å². The number of ether oxygens (including phenoxy) is 1. The van der Waals surface area contributed by atoms with Crippen LogP contribution in [0.4, 0.5) is 11.4 Å². The topological polar surface area (TPSA) is 47.3 Å². The third kappa shape index (κ3) is 4.98. The van der Waals surface area contributed by atoms with Gasteiger partial charge in [-0.15, -0.1) is 0 Å². The van der Waals surface area contributed by atoms with Crippen LogP contribution in [-0.2, 0) is 0 Å². The molecule has 0 spiro atoms. The van der Waals surface area contributed by atoms with Gasteiger partial charge in [-0.3, -0.25) is 0 Å². The van der Waals surface area contributed by atoms with E-state index in [2.05, 4.69) is 12.2 Å². The van der Waals surface area contributed by atoms with E-state index >= 15 is 0 Å². The molecule has 17 heavy (non-hydrogen) atoms. The van der Waals surface area contributed by atoms with Gasteiger partial charge < -0.3 is 15.8 Å². The number of benzene rings is 1. The molecule has 1 aromatic rings. The highest BCUT2D eigenvalue weighted by molar-refractivity contribution is 5.61. The van der Waals surface area contributed by atoms with Crippen LogP contribution < -0.4 is 15.8 Å². The summed E-state index contributed by atoms with van der Waals surface area (Å²) in [5.41, 5.74) is 7.63. The molecule has 3 nitrogen and oxygen atoms in total. The average Bonchev–Trinajstić information content (AvgIpc) is 2.28. The minimum absolute atomic E-state index is 0.146. The van der Waals surface area contributed by atoms with E-state index < -0.39 is 0 Å². The molecule has 0 unspecified atom stereocenters. The number of nitrogen functional groups attached to an aromatic ring is 1. The summed E-state index contributed by atoms with van der Waals surface area (Å²) in [7, 11) is 0. The van der Waals surface area contributed by atoms with Gasteiger partial charge in [-0.1, -0.05) is 19.8 Å². The first-order valence-electron chi connectivity index (χ1n) is 6.43. The molecule has 1 rings (SSSR count). The summed E-state index contributed by atoms with van der Waals surface area (Å²) in [6, 6.07) is 5.86. The molecule has 3 N–H and O–H groups in total. The van der Waals surface area contributed by atoms with Crippen LogP contribution in [0.15, 0.2) is 18.2 Å². The fourth-order valence-corrected chi connectivity index (χ4v) is 1.61. The van der Waals surface area contributed by atoms with Gasteiger partial charge in [-0.25, -0.2) is 0 Å². The molecule has 0 amide bonds. The molecule has 0 atom stereocenters. The zero-order valence-corrected chi connectivity index (χ0v) is 11.1. The second kappa shape index (κ2) is 7.05. The standard InChI is InChI=1S/C14H24N2O/c1-4-5-6-9-16-12-7-8-13(15)14(10-12)17-11(2)3/h7-8,10-11,16H,4-6,9,15H2,1-3H3. The Balaban J connectivity index is 2.55. The molecule has 0 heterocycles. The highest BCUT2D eigenvalue weighted by Crippen LogP contribution is 2.26. The van der Waals surface area contributed by atoms with E-state index in [1.807, 2.05) is 32.0 Å². The van der Waals surface area contributed by atoms with Crippen molar-refractivity contribution in [2.45, 2.75) is 46.1 Å². The smallest absolute Gasteiger partial charge is 0.144 e. The van der Waals surface area contributed by atoms with Crippen LogP contribution in [0, 0.1) is 0 Å². The molecule has 0 saturated carbocycles. The van der Waals surface area contributed by atoms with Gasteiger partial charge in [0.05, 0.1) is 11.8 Å². The van der Waals surface area contributed by atoms with Crippen LogP contribution in [0.1, 0.15) is 40.0 Å². The summed E-state index contributed by atoms with van der Waals surface area (Å²) in [6.45, 7) is 7.21. The molecule has 1 aromatic carbocycles. The van der Waals surface area contributed by atoms with Crippen LogP contribution in [0.3, 0.4) is 0 Å². The number of unbranched alkanes of at least 4 members (excludes halogenated alkanes) is 2. The monoisotopic (exact) mass is 236 g/mol. The van der Waals surface area contributed by atoms with Gasteiger partial charge in [0.15, 0.2) is 0 Å². The number of hydrogen-bond acceptors (Lipinski definition) is 3. The number of nitrogens with two attached hydrogens (primary N) is 1. The first kappa shape index (κ1) is 13.7. The average molecular weight is 236 g/mol. The van der Waals surface area contributed by atoms with Crippen molar-refractivity contribution in [3.05, 3.63) is 18.2 Å². The lowest BCUT2D eigenvalue weighted by Crippen LogP contribution is -2.08. The second-order valence-electron chi connectivity index (χ2n) is 4.55. The Hall–Kier alpha value is -1.38. The minimum Gasteiger partial charge on any atom is -0.489 e. The van der Waals surface area contributed by atoms with E-state index in [0.29, 0.717) is 5.69 Å². The predicted molar refractivity (Wildman–Crippen MR) is 74.6 cm³/mol. The maximum Gasteiger partial charge on any atom is 0.144 e. The van der Waals surface area contributed by atoms with Crippen molar-refractivity contribution in [3.8, 4) is 5.75 Å². The lowest BCUT2D eigenvalue weighted by molar-refractivity contribution is 0.244. The Morgan fingerprint density at radius 3 is 2.71 bits per heavy atom. The van der Waals surface area contributed by atoms with Crippen LogP contribution in [0.5, 0.6) is 5.75 Å². The third-order valence-corrected chi connectivity index (χ3v) is 2.49. The van der Waals surface area contributed by atoms with Gasteiger partial charge in [-0.2, -0.15) is 0 Å².